The lowest BCUT2D eigenvalue weighted by Gasteiger charge is -2.13. The maximum absolute atomic E-state index is 3.46. The largest absolute Gasteiger partial charge is 0.356 e. The topological polar surface area (TPSA) is 12.0 Å². The minimum absolute atomic E-state index is 1.09. The molecule has 0 fully saturated rings. The molecule has 0 aliphatic heterocycles. The third-order valence-corrected chi connectivity index (χ3v) is 6.24. The molecule has 0 aliphatic rings. The second-order valence-electron chi connectivity index (χ2n) is 8.34. The third kappa shape index (κ3) is 3.75. The molecule has 0 radical (unpaired) electrons. The summed E-state index contributed by atoms with van der Waals surface area (Å²) in [6.07, 6.45) is 0. The fourth-order valence-corrected chi connectivity index (χ4v) is 4.58. The van der Waals surface area contributed by atoms with Crippen LogP contribution in [0, 0.1) is 0 Å². The first-order valence-electron chi connectivity index (χ1n) is 11.3. The molecule has 0 saturated carbocycles. The molecule has 1 N–H and O–H groups in total. The summed E-state index contributed by atoms with van der Waals surface area (Å²) in [5, 5.41) is 8.55. The minimum Gasteiger partial charge on any atom is -0.356 e. The maximum atomic E-state index is 3.46. The highest BCUT2D eigenvalue weighted by atomic mass is 14.9. The first-order valence-corrected chi connectivity index (χ1v) is 11.3. The lowest BCUT2D eigenvalue weighted by molar-refractivity contribution is 1.55. The highest BCUT2D eigenvalue weighted by Crippen LogP contribution is 2.37. The van der Waals surface area contributed by atoms with Gasteiger partial charge in [0.25, 0.3) is 0 Å². The number of para-hydroxylation sites is 1. The van der Waals surface area contributed by atoms with Gasteiger partial charge in [-0.1, -0.05) is 103 Å². The van der Waals surface area contributed by atoms with Gasteiger partial charge in [-0.15, -0.1) is 0 Å². The second kappa shape index (κ2) is 8.29. The van der Waals surface area contributed by atoms with E-state index in [0.29, 0.717) is 0 Å². The molecule has 0 aliphatic carbocycles. The smallest absolute Gasteiger partial charge is 0.0384 e. The number of hydrogen-bond acceptors (Lipinski definition) is 1. The van der Waals surface area contributed by atoms with Crippen LogP contribution in [0.3, 0.4) is 0 Å². The molecule has 0 bridgehead atoms. The van der Waals surface area contributed by atoms with Gasteiger partial charge in [-0.3, -0.25) is 0 Å². The van der Waals surface area contributed by atoms with Crippen molar-refractivity contribution in [3.05, 3.63) is 133 Å². The van der Waals surface area contributed by atoms with E-state index < -0.39 is 0 Å². The van der Waals surface area contributed by atoms with Gasteiger partial charge in [0, 0.05) is 11.4 Å². The summed E-state index contributed by atoms with van der Waals surface area (Å²) in [6, 6.07) is 47.5. The molecule has 33 heavy (non-hydrogen) atoms. The van der Waals surface area contributed by atoms with Crippen molar-refractivity contribution < 1.29 is 0 Å². The molecule has 6 aromatic rings. The number of rotatable bonds is 4. The lowest BCUT2D eigenvalue weighted by Crippen LogP contribution is -1.90. The van der Waals surface area contributed by atoms with Crippen LogP contribution in [-0.4, -0.2) is 0 Å². The van der Waals surface area contributed by atoms with Crippen LogP contribution in [0.25, 0.3) is 43.8 Å². The van der Waals surface area contributed by atoms with Crippen molar-refractivity contribution in [1.29, 1.82) is 0 Å². The highest BCUT2D eigenvalue weighted by Gasteiger charge is 2.10. The monoisotopic (exact) mass is 421 g/mol. The van der Waals surface area contributed by atoms with Crippen LogP contribution in [0.4, 0.5) is 11.4 Å². The third-order valence-electron chi connectivity index (χ3n) is 6.24. The first-order chi connectivity index (χ1) is 16.3. The summed E-state index contributed by atoms with van der Waals surface area (Å²) in [4.78, 5) is 0. The minimum atomic E-state index is 1.09. The van der Waals surface area contributed by atoms with Crippen molar-refractivity contribution in [3.63, 3.8) is 0 Å². The van der Waals surface area contributed by atoms with E-state index in [4.69, 9.17) is 0 Å². The lowest BCUT2D eigenvalue weighted by atomic mass is 9.91. The Morgan fingerprint density at radius 1 is 0.364 bits per heavy atom. The molecule has 0 amide bonds. The van der Waals surface area contributed by atoms with Crippen molar-refractivity contribution in [2.45, 2.75) is 0 Å². The van der Waals surface area contributed by atoms with E-state index in [1.807, 2.05) is 18.2 Å². The first kappa shape index (κ1) is 19.3. The van der Waals surface area contributed by atoms with E-state index in [2.05, 4.69) is 121 Å². The standard InChI is InChI=1S/C32H23N/c1-2-10-27(11-3-1)33-28-18-16-24(17-19-28)29-20-21-30(32-13-7-6-12-31(29)32)26-15-14-23-8-4-5-9-25(23)22-26/h1-22,33H. The van der Waals surface area contributed by atoms with Crippen LogP contribution in [0.2, 0.25) is 0 Å². The van der Waals surface area contributed by atoms with Gasteiger partial charge < -0.3 is 5.32 Å². The molecular formula is C32H23N. The number of fused-ring (bicyclic) bond motifs is 2. The summed E-state index contributed by atoms with van der Waals surface area (Å²) in [6.45, 7) is 0. The van der Waals surface area contributed by atoms with E-state index in [9.17, 15) is 0 Å². The van der Waals surface area contributed by atoms with Crippen molar-refractivity contribution in [2.75, 3.05) is 5.32 Å². The van der Waals surface area contributed by atoms with Gasteiger partial charge >= 0.3 is 0 Å². The Labute approximate surface area is 194 Å². The molecule has 0 unspecified atom stereocenters. The Balaban J connectivity index is 1.40. The Kier molecular flexibility index (Phi) is 4.86. The van der Waals surface area contributed by atoms with Crippen molar-refractivity contribution >= 4 is 32.9 Å². The Morgan fingerprint density at radius 2 is 0.909 bits per heavy atom. The number of nitrogens with one attached hydrogen (secondary N) is 1. The van der Waals surface area contributed by atoms with Crippen LogP contribution in [-0.2, 0) is 0 Å². The van der Waals surface area contributed by atoms with Crippen LogP contribution >= 0.6 is 0 Å². The summed E-state index contributed by atoms with van der Waals surface area (Å²) < 4.78 is 0. The number of benzene rings is 6. The van der Waals surface area contributed by atoms with E-state index in [1.165, 1.54) is 43.8 Å². The average Bonchev–Trinajstić information content (AvgIpc) is 2.89. The van der Waals surface area contributed by atoms with E-state index in [-0.39, 0.29) is 0 Å². The van der Waals surface area contributed by atoms with Gasteiger partial charge in [-0.25, -0.2) is 0 Å². The molecule has 1 heteroatoms. The van der Waals surface area contributed by atoms with Crippen LogP contribution in [0.1, 0.15) is 0 Å². The van der Waals surface area contributed by atoms with Crippen LogP contribution in [0.5, 0.6) is 0 Å². The molecule has 6 aromatic carbocycles. The molecular weight excluding hydrogens is 398 g/mol. The Hall–Kier alpha value is -4.36. The van der Waals surface area contributed by atoms with Crippen LogP contribution < -0.4 is 5.32 Å². The van der Waals surface area contributed by atoms with Crippen molar-refractivity contribution in [3.8, 4) is 22.3 Å². The van der Waals surface area contributed by atoms with Gasteiger partial charge in [-0.05, 0) is 74.1 Å². The highest BCUT2D eigenvalue weighted by molar-refractivity contribution is 6.05. The Morgan fingerprint density at radius 3 is 1.64 bits per heavy atom. The molecule has 0 heterocycles. The van der Waals surface area contributed by atoms with Gasteiger partial charge in [0.2, 0.25) is 0 Å². The quantitative estimate of drug-likeness (QED) is 0.299. The SMILES string of the molecule is c1ccc(Nc2ccc(-c3ccc(-c4ccc5ccccc5c4)c4ccccc34)cc2)cc1. The molecule has 0 atom stereocenters. The van der Waals surface area contributed by atoms with Crippen LogP contribution in [0.15, 0.2) is 133 Å². The zero-order valence-corrected chi connectivity index (χ0v) is 18.2. The van der Waals surface area contributed by atoms with E-state index in [0.717, 1.165) is 11.4 Å². The van der Waals surface area contributed by atoms with Gasteiger partial charge in [0.05, 0.1) is 0 Å². The fourth-order valence-electron chi connectivity index (χ4n) is 4.58. The zero-order valence-electron chi connectivity index (χ0n) is 18.2. The van der Waals surface area contributed by atoms with Gasteiger partial charge in [-0.2, -0.15) is 0 Å². The normalized spacial score (nSPS) is 11.0. The second-order valence-corrected chi connectivity index (χ2v) is 8.34. The number of anilines is 2. The molecule has 1 nitrogen and oxygen atoms in total. The predicted molar refractivity (Wildman–Crippen MR) is 142 cm³/mol. The summed E-state index contributed by atoms with van der Waals surface area (Å²) in [5.41, 5.74) is 7.16. The van der Waals surface area contributed by atoms with Gasteiger partial charge in [0.15, 0.2) is 0 Å². The molecule has 0 spiro atoms. The molecule has 6 rings (SSSR count). The maximum Gasteiger partial charge on any atom is 0.0384 e. The van der Waals surface area contributed by atoms with Crippen molar-refractivity contribution in [2.24, 2.45) is 0 Å². The average molecular weight is 422 g/mol. The van der Waals surface area contributed by atoms with E-state index in [1.54, 1.807) is 0 Å². The van der Waals surface area contributed by atoms with Gasteiger partial charge in [0.1, 0.15) is 0 Å². The van der Waals surface area contributed by atoms with Crippen molar-refractivity contribution in [1.82, 2.24) is 0 Å². The summed E-state index contributed by atoms with van der Waals surface area (Å²) in [5.74, 6) is 0. The summed E-state index contributed by atoms with van der Waals surface area (Å²) >= 11 is 0. The molecule has 0 aromatic heterocycles. The number of hydrogen-bond donors (Lipinski definition) is 1. The zero-order chi connectivity index (χ0) is 22.0. The van der Waals surface area contributed by atoms with E-state index >= 15 is 0 Å². The Bertz CT molecular complexity index is 1560. The molecule has 0 saturated heterocycles. The summed E-state index contributed by atoms with van der Waals surface area (Å²) in [7, 11) is 0. The fraction of sp³-hybridized carbons (Fsp3) is 0. The molecule has 156 valence electrons. The predicted octanol–water partition coefficient (Wildman–Crippen LogP) is 9.07.